The summed E-state index contributed by atoms with van der Waals surface area (Å²) in [6.45, 7) is 0. The van der Waals surface area contributed by atoms with Crippen LogP contribution in [0.4, 0.5) is 0 Å². The van der Waals surface area contributed by atoms with Crippen LogP contribution in [-0.2, 0) is 27.6 Å². The Hall–Kier alpha value is -1.75. The van der Waals surface area contributed by atoms with Gasteiger partial charge in [-0.05, 0) is 42.3 Å². The lowest BCUT2D eigenvalue weighted by Crippen LogP contribution is -2.41. The number of hydrogen-bond donors (Lipinski definition) is 2. The second kappa shape index (κ2) is 6.63. The summed E-state index contributed by atoms with van der Waals surface area (Å²) in [6.07, 6.45) is 2.99. The molecule has 24 heavy (non-hydrogen) atoms. The van der Waals surface area contributed by atoms with Crippen molar-refractivity contribution in [2.75, 3.05) is 7.11 Å². The zero-order chi connectivity index (χ0) is 17.3. The molecule has 0 saturated carbocycles. The van der Waals surface area contributed by atoms with E-state index in [9.17, 15) is 18.0 Å². The van der Waals surface area contributed by atoms with Crippen molar-refractivity contribution in [1.82, 2.24) is 10.3 Å². The molecular weight excluding hydrogens is 372 g/mol. The second-order valence-electron chi connectivity index (χ2n) is 5.08. The second-order valence-corrected chi connectivity index (χ2v) is 8.78. The van der Waals surface area contributed by atoms with Crippen LogP contribution in [-0.4, -0.2) is 27.4 Å². The molecule has 0 bridgehead atoms. The third kappa shape index (κ3) is 3.22. The van der Waals surface area contributed by atoms with E-state index in [0.29, 0.717) is 4.88 Å². The molecule has 0 radical (unpaired) electrons. The standard InChI is InChI=1S/C14H14N2O5S3/c1-21-14(18)12-11(5-6-22-12)24(19,20)16-15-13(17)10-7-8-3-2-4-9(8)23-10/h5-7,16H,2-4H2,1H3,(H,15,17). The fraction of sp³-hybridized carbons (Fsp3) is 0.286. The lowest BCUT2D eigenvalue weighted by molar-refractivity contribution is 0.0602. The first kappa shape index (κ1) is 17.1. The van der Waals surface area contributed by atoms with Gasteiger partial charge in [-0.15, -0.1) is 27.5 Å². The Labute approximate surface area is 146 Å². The molecule has 10 heteroatoms. The number of hydrazine groups is 1. The smallest absolute Gasteiger partial charge is 0.349 e. The molecule has 2 aromatic rings. The number of thiophene rings is 2. The fourth-order valence-electron chi connectivity index (χ4n) is 2.42. The zero-order valence-electron chi connectivity index (χ0n) is 12.6. The van der Waals surface area contributed by atoms with Crippen molar-refractivity contribution >= 4 is 44.6 Å². The van der Waals surface area contributed by atoms with Gasteiger partial charge < -0.3 is 4.74 Å². The van der Waals surface area contributed by atoms with Crippen molar-refractivity contribution in [3.05, 3.63) is 37.7 Å². The molecule has 128 valence electrons. The Bertz CT molecular complexity index is 876. The van der Waals surface area contributed by atoms with Crippen LogP contribution in [0, 0.1) is 0 Å². The van der Waals surface area contributed by atoms with Crippen molar-refractivity contribution in [2.24, 2.45) is 0 Å². The largest absolute Gasteiger partial charge is 0.465 e. The van der Waals surface area contributed by atoms with Gasteiger partial charge in [0.2, 0.25) is 0 Å². The number of sulfonamides is 1. The topological polar surface area (TPSA) is 102 Å². The van der Waals surface area contributed by atoms with E-state index in [1.807, 2.05) is 4.83 Å². The predicted octanol–water partition coefficient (Wildman–Crippen LogP) is 1.71. The summed E-state index contributed by atoms with van der Waals surface area (Å²) in [5.74, 6) is -1.26. The third-order valence-corrected chi connectivity index (χ3v) is 7.11. The van der Waals surface area contributed by atoms with Gasteiger partial charge in [0, 0.05) is 4.88 Å². The minimum atomic E-state index is -4.07. The Morgan fingerprint density at radius 3 is 2.79 bits per heavy atom. The first-order chi connectivity index (χ1) is 11.4. The highest BCUT2D eigenvalue weighted by Gasteiger charge is 2.26. The first-order valence-corrected chi connectivity index (χ1v) is 10.2. The van der Waals surface area contributed by atoms with Crippen molar-refractivity contribution < 1.29 is 22.7 Å². The van der Waals surface area contributed by atoms with E-state index in [1.165, 1.54) is 34.8 Å². The molecule has 2 heterocycles. The molecule has 2 N–H and O–H groups in total. The number of amides is 1. The first-order valence-electron chi connectivity index (χ1n) is 7.02. The molecule has 1 amide bonds. The van der Waals surface area contributed by atoms with Crippen LogP contribution >= 0.6 is 22.7 Å². The van der Waals surface area contributed by atoms with E-state index in [1.54, 1.807) is 6.07 Å². The Morgan fingerprint density at radius 1 is 1.29 bits per heavy atom. The molecular formula is C14H14N2O5S3. The van der Waals surface area contributed by atoms with Crippen LogP contribution in [0.25, 0.3) is 0 Å². The van der Waals surface area contributed by atoms with Crippen molar-refractivity contribution in [3.63, 3.8) is 0 Å². The lowest BCUT2D eigenvalue weighted by atomic mass is 10.2. The Balaban J connectivity index is 1.72. The van der Waals surface area contributed by atoms with Gasteiger partial charge in [0.1, 0.15) is 9.77 Å². The van der Waals surface area contributed by atoms with E-state index in [0.717, 1.165) is 36.2 Å². The van der Waals surface area contributed by atoms with E-state index < -0.39 is 21.9 Å². The zero-order valence-corrected chi connectivity index (χ0v) is 15.1. The van der Waals surface area contributed by atoms with Gasteiger partial charge >= 0.3 is 5.97 Å². The molecule has 1 aliphatic carbocycles. The summed E-state index contributed by atoms with van der Waals surface area (Å²) in [5, 5.41) is 1.46. The van der Waals surface area contributed by atoms with Gasteiger partial charge in [-0.2, -0.15) is 0 Å². The van der Waals surface area contributed by atoms with Crippen molar-refractivity contribution in [2.45, 2.75) is 24.2 Å². The third-order valence-electron chi connectivity index (χ3n) is 3.56. The quantitative estimate of drug-likeness (QED) is 0.602. The van der Waals surface area contributed by atoms with Gasteiger partial charge in [0.25, 0.3) is 15.9 Å². The van der Waals surface area contributed by atoms with Crippen LogP contribution in [0.2, 0.25) is 0 Å². The number of nitrogens with one attached hydrogen (secondary N) is 2. The Morgan fingerprint density at radius 2 is 2.08 bits per heavy atom. The number of esters is 1. The van der Waals surface area contributed by atoms with E-state index >= 15 is 0 Å². The van der Waals surface area contributed by atoms with Crippen LogP contribution in [0.5, 0.6) is 0 Å². The number of carbonyl (C=O) groups excluding carboxylic acids is 2. The minimum absolute atomic E-state index is 0.0469. The fourth-order valence-corrected chi connectivity index (χ4v) is 5.75. The van der Waals surface area contributed by atoms with E-state index in [-0.39, 0.29) is 9.77 Å². The van der Waals surface area contributed by atoms with Gasteiger partial charge in [-0.25, -0.2) is 13.2 Å². The van der Waals surface area contributed by atoms with Crippen LogP contribution in [0.1, 0.15) is 36.2 Å². The number of fused-ring (bicyclic) bond motifs is 1. The van der Waals surface area contributed by atoms with Gasteiger partial charge in [-0.3, -0.25) is 10.2 Å². The molecule has 0 saturated heterocycles. The molecule has 0 unspecified atom stereocenters. The number of carbonyl (C=O) groups is 2. The summed E-state index contributed by atoms with van der Waals surface area (Å²) in [7, 11) is -2.90. The van der Waals surface area contributed by atoms with E-state index in [2.05, 4.69) is 10.2 Å². The molecule has 0 aromatic carbocycles. The maximum atomic E-state index is 12.3. The monoisotopic (exact) mass is 386 g/mol. The maximum absolute atomic E-state index is 12.3. The molecule has 0 fully saturated rings. The highest BCUT2D eigenvalue weighted by atomic mass is 32.2. The van der Waals surface area contributed by atoms with Crippen LogP contribution < -0.4 is 10.3 Å². The molecule has 3 rings (SSSR count). The lowest BCUT2D eigenvalue weighted by Gasteiger charge is -2.07. The average Bonchev–Trinajstić information content (AvgIpc) is 3.26. The summed E-state index contributed by atoms with van der Waals surface area (Å²) in [6, 6.07) is 3.08. The number of rotatable bonds is 5. The minimum Gasteiger partial charge on any atom is -0.465 e. The number of hydrogen-bond acceptors (Lipinski definition) is 7. The van der Waals surface area contributed by atoms with E-state index in [4.69, 9.17) is 0 Å². The summed E-state index contributed by atoms with van der Waals surface area (Å²) >= 11 is 2.32. The molecule has 1 aliphatic rings. The Kier molecular flexibility index (Phi) is 4.72. The summed E-state index contributed by atoms with van der Waals surface area (Å²) < 4.78 is 29.1. The maximum Gasteiger partial charge on any atom is 0.349 e. The van der Waals surface area contributed by atoms with Crippen molar-refractivity contribution in [3.8, 4) is 0 Å². The molecule has 7 nitrogen and oxygen atoms in total. The van der Waals surface area contributed by atoms with Crippen molar-refractivity contribution in [1.29, 1.82) is 0 Å². The number of aryl methyl sites for hydroxylation is 2. The van der Waals surface area contributed by atoms with Crippen LogP contribution in [0.15, 0.2) is 22.4 Å². The van der Waals surface area contributed by atoms with Crippen LogP contribution in [0.3, 0.4) is 0 Å². The summed E-state index contributed by atoms with van der Waals surface area (Å²) in [4.78, 5) is 27.1. The van der Waals surface area contributed by atoms with Gasteiger partial charge in [-0.1, -0.05) is 0 Å². The highest BCUT2D eigenvalue weighted by molar-refractivity contribution is 7.89. The average molecular weight is 386 g/mol. The highest BCUT2D eigenvalue weighted by Crippen LogP contribution is 2.30. The molecule has 0 aliphatic heterocycles. The molecule has 0 spiro atoms. The number of methoxy groups -OCH3 is 1. The van der Waals surface area contributed by atoms with Gasteiger partial charge in [0.15, 0.2) is 0 Å². The van der Waals surface area contributed by atoms with Gasteiger partial charge in [0.05, 0.1) is 12.0 Å². The number of ether oxygens (including phenoxy) is 1. The SMILES string of the molecule is COC(=O)c1sccc1S(=O)(=O)NNC(=O)c1cc2c(s1)CCC2. The molecule has 0 atom stereocenters. The molecule has 2 aromatic heterocycles. The normalized spacial score (nSPS) is 13.5. The summed E-state index contributed by atoms with van der Waals surface area (Å²) in [5.41, 5.74) is 3.34. The predicted molar refractivity (Wildman–Crippen MR) is 89.8 cm³/mol.